The van der Waals surface area contributed by atoms with Gasteiger partial charge in [-0.1, -0.05) is 18.2 Å². The first kappa shape index (κ1) is 13.8. The highest BCUT2D eigenvalue weighted by Gasteiger charge is 2.05. The Hall–Kier alpha value is -2.65. The van der Waals surface area contributed by atoms with Crippen LogP contribution in [0.15, 0.2) is 30.3 Å². The predicted octanol–water partition coefficient (Wildman–Crippen LogP) is 1.02. The van der Waals surface area contributed by atoms with Crippen LogP contribution in [-0.2, 0) is 9.53 Å². The van der Waals surface area contributed by atoms with Gasteiger partial charge in [0, 0.05) is 11.9 Å². The highest BCUT2D eigenvalue weighted by molar-refractivity contribution is 5.82. The number of nitrogens with two attached hydrogens (primary N) is 1. The SMILES string of the molecule is N#Cc1cc2ccccc2nc1NCCOCC(N)=O. The molecule has 0 saturated heterocycles. The molecule has 0 fully saturated rings. The van der Waals surface area contributed by atoms with Gasteiger partial charge in [-0.25, -0.2) is 4.98 Å². The van der Waals surface area contributed by atoms with Gasteiger partial charge >= 0.3 is 0 Å². The molecule has 1 amide bonds. The second kappa shape index (κ2) is 6.50. The molecule has 0 bridgehead atoms. The number of hydrogen-bond donors (Lipinski definition) is 2. The van der Waals surface area contributed by atoms with E-state index in [-0.39, 0.29) is 6.61 Å². The Morgan fingerprint density at radius 2 is 2.25 bits per heavy atom. The van der Waals surface area contributed by atoms with Crippen molar-refractivity contribution < 1.29 is 9.53 Å². The average molecular weight is 270 g/mol. The first-order chi connectivity index (χ1) is 9.70. The molecule has 0 spiro atoms. The van der Waals surface area contributed by atoms with Gasteiger partial charge in [-0.3, -0.25) is 4.79 Å². The van der Waals surface area contributed by atoms with Crippen molar-refractivity contribution in [2.24, 2.45) is 5.73 Å². The zero-order valence-electron chi connectivity index (χ0n) is 10.8. The third kappa shape index (κ3) is 3.43. The second-order valence-electron chi connectivity index (χ2n) is 4.13. The van der Waals surface area contributed by atoms with Crippen molar-refractivity contribution in [3.05, 3.63) is 35.9 Å². The van der Waals surface area contributed by atoms with E-state index in [0.29, 0.717) is 24.5 Å². The number of nitriles is 1. The summed E-state index contributed by atoms with van der Waals surface area (Å²) in [6.45, 7) is 0.632. The summed E-state index contributed by atoms with van der Waals surface area (Å²) in [5.74, 6) is 0.000388. The number of amides is 1. The Labute approximate surface area is 116 Å². The lowest BCUT2D eigenvalue weighted by molar-refractivity contribution is -0.122. The van der Waals surface area contributed by atoms with E-state index in [1.807, 2.05) is 24.3 Å². The highest BCUT2D eigenvalue weighted by Crippen LogP contribution is 2.19. The van der Waals surface area contributed by atoms with Gasteiger partial charge in [0.05, 0.1) is 17.7 Å². The fourth-order valence-electron chi connectivity index (χ4n) is 1.75. The maximum Gasteiger partial charge on any atom is 0.243 e. The first-order valence-corrected chi connectivity index (χ1v) is 6.10. The summed E-state index contributed by atoms with van der Waals surface area (Å²) in [6.07, 6.45) is 0. The molecular weight excluding hydrogens is 256 g/mol. The number of rotatable bonds is 6. The smallest absolute Gasteiger partial charge is 0.243 e. The van der Waals surface area contributed by atoms with E-state index in [9.17, 15) is 4.79 Å². The van der Waals surface area contributed by atoms with Gasteiger partial charge in [0.15, 0.2) is 0 Å². The number of nitrogens with one attached hydrogen (secondary N) is 1. The number of hydrogen-bond acceptors (Lipinski definition) is 5. The third-order valence-electron chi connectivity index (χ3n) is 2.63. The predicted molar refractivity (Wildman–Crippen MR) is 75.0 cm³/mol. The van der Waals surface area contributed by atoms with Crippen molar-refractivity contribution in [1.82, 2.24) is 4.98 Å². The molecule has 1 aromatic heterocycles. The fourth-order valence-corrected chi connectivity index (χ4v) is 1.75. The van der Waals surface area contributed by atoms with Crippen LogP contribution in [0.3, 0.4) is 0 Å². The van der Waals surface area contributed by atoms with E-state index in [1.165, 1.54) is 0 Å². The van der Waals surface area contributed by atoms with Crippen LogP contribution in [-0.4, -0.2) is 30.6 Å². The van der Waals surface area contributed by atoms with Crippen LogP contribution in [0, 0.1) is 11.3 Å². The van der Waals surface area contributed by atoms with Crippen LogP contribution in [0.5, 0.6) is 0 Å². The molecule has 1 heterocycles. The van der Waals surface area contributed by atoms with Gasteiger partial charge in [-0.2, -0.15) is 5.26 Å². The molecule has 20 heavy (non-hydrogen) atoms. The standard InChI is InChI=1S/C14H14N4O2/c15-8-11-7-10-3-1-2-4-12(10)18-14(11)17-5-6-20-9-13(16)19/h1-4,7H,5-6,9H2,(H2,16,19)(H,17,18). The molecule has 0 aliphatic carbocycles. The van der Waals surface area contributed by atoms with Crippen LogP contribution < -0.4 is 11.1 Å². The number of carbonyl (C=O) groups is 1. The Kier molecular flexibility index (Phi) is 4.47. The van der Waals surface area contributed by atoms with Crippen molar-refractivity contribution in [3.63, 3.8) is 0 Å². The summed E-state index contributed by atoms with van der Waals surface area (Å²) in [5.41, 5.74) is 6.24. The lowest BCUT2D eigenvalue weighted by Crippen LogP contribution is -2.20. The van der Waals surface area contributed by atoms with Crippen molar-refractivity contribution in [3.8, 4) is 6.07 Å². The minimum atomic E-state index is -0.508. The van der Waals surface area contributed by atoms with Crippen molar-refractivity contribution >= 4 is 22.6 Å². The van der Waals surface area contributed by atoms with E-state index in [2.05, 4.69) is 16.4 Å². The number of primary amides is 1. The monoisotopic (exact) mass is 270 g/mol. The summed E-state index contributed by atoms with van der Waals surface area (Å²) in [5, 5.41) is 13.1. The van der Waals surface area contributed by atoms with Crippen LogP contribution >= 0.6 is 0 Å². The molecule has 0 aliphatic heterocycles. The third-order valence-corrected chi connectivity index (χ3v) is 2.63. The zero-order chi connectivity index (χ0) is 14.4. The minimum Gasteiger partial charge on any atom is -0.370 e. The fraction of sp³-hybridized carbons (Fsp3) is 0.214. The summed E-state index contributed by atoms with van der Waals surface area (Å²) in [6, 6.07) is 11.5. The Morgan fingerprint density at radius 1 is 1.45 bits per heavy atom. The Balaban J connectivity index is 2.05. The maximum absolute atomic E-state index is 10.5. The van der Waals surface area contributed by atoms with E-state index in [0.717, 1.165) is 10.9 Å². The van der Waals surface area contributed by atoms with Gasteiger partial charge in [0.25, 0.3) is 0 Å². The van der Waals surface area contributed by atoms with E-state index in [4.69, 9.17) is 15.7 Å². The van der Waals surface area contributed by atoms with Gasteiger partial charge in [0.2, 0.25) is 5.91 Å². The summed E-state index contributed by atoms with van der Waals surface area (Å²) in [7, 11) is 0. The number of pyridine rings is 1. The van der Waals surface area contributed by atoms with Crippen LogP contribution in [0.4, 0.5) is 5.82 Å². The van der Waals surface area contributed by atoms with Gasteiger partial charge < -0.3 is 15.8 Å². The molecule has 0 atom stereocenters. The minimum absolute atomic E-state index is 0.113. The second-order valence-corrected chi connectivity index (χ2v) is 4.13. The molecule has 0 unspecified atom stereocenters. The Morgan fingerprint density at radius 3 is 3.00 bits per heavy atom. The largest absolute Gasteiger partial charge is 0.370 e. The van der Waals surface area contributed by atoms with Crippen LogP contribution in [0.1, 0.15) is 5.56 Å². The first-order valence-electron chi connectivity index (χ1n) is 6.10. The average Bonchev–Trinajstić information content (AvgIpc) is 2.45. The zero-order valence-corrected chi connectivity index (χ0v) is 10.8. The normalized spacial score (nSPS) is 10.2. The molecule has 2 aromatic rings. The molecule has 6 nitrogen and oxygen atoms in total. The summed E-state index contributed by atoms with van der Waals surface area (Å²) in [4.78, 5) is 14.9. The van der Waals surface area contributed by atoms with Crippen molar-refractivity contribution in [2.45, 2.75) is 0 Å². The molecule has 0 aliphatic rings. The number of aromatic nitrogens is 1. The van der Waals surface area contributed by atoms with Gasteiger partial charge in [-0.15, -0.1) is 0 Å². The number of para-hydroxylation sites is 1. The number of ether oxygens (including phenoxy) is 1. The number of fused-ring (bicyclic) bond motifs is 1. The van der Waals surface area contributed by atoms with Crippen LogP contribution in [0.2, 0.25) is 0 Å². The number of nitrogens with zero attached hydrogens (tertiary/aromatic N) is 2. The number of benzene rings is 1. The van der Waals surface area contributed by atoms with Crippen LogP contribution in [0.25, 0.3) is 10.9 Å². The number of anilines is 1. The van der Waals surface area contributed by atoms with Crippen molar-refractivity contribution in [2.75, 3.05) is 25.1 Å². The van der Waals surface area contributed by atoms with Gasteiger partial charge in [0.1, 0.15) is 18.5 Å². The lowest BCUT2D eigenvalue weighted by Gasteiger charge is -2.08. The molecule has 0 saturated carbocycles. The van der Waals surface area contributed by atoms with E-state index < -0.39 is 5.91 Å². The molecule has 0 radical (unpaired) electrons. The molecule has 2 rings (SSSR count). The lowest BCUT2D eigenvalue weighted by atomic mass is 10.1. The highest BCUT2D eigenvalue weighted by atomic mass is 16.5. The molecular formula is C14H14N4O2. The Bertz CT molecular complexity index is 664. The summed E-state index contributed by atoms with van der Waals surface area (Å²) < 4.78 is 5.03. The number of carbonyl (C=O) groups excluding carboxylic acids is 1. The molecule has 1 aromatic carbocycles. The quantitative estimate of drug-likeness (QED) is 0.763. The van der Waals surface area contributed by atoms with E-state index >= 15 is 0 Å². The topological polar surface area (TPSA) is 101 Å². The molecule has 3 N–H and O–H groups in total. The van der Waals surface area contributed by atoms with Crippen molar-refractivity contribution in [1.29, 1.82) is 5.26 Å². The maximum atomic E-state index is 10.5. The molecule has 6 heteroatoms. The van der Waals surface area contributed by atoms with Gasteiger partial charge in [-0.05, 0) is 12.1 Å². The molecule has 102 valence electrons. The van der Waals surface area contributed by atoms with E-state index in [1.54, 1.807) is 6.07 Å². The summed E-state index contributed by atoms with van der Waals surface area (Å²) >= 11 is 0.